The van der Waals surface area contributed by atoms with Gasteiger partial charge in [-0.15, -0.1) is 11.8 Å². The molecule has 1 aliphatic carbocycles. The fourth-order valence-electron chi connectivity index (χ4n) is 2.60. The highest BCUT2D eigenvalue weighted by atomic mass is 14.9. The molecule has 2 atom stereocenters. The quantitative estimate of drug-likeness (QED) is 0.550. The van der Waals surface area contributed by atoms with E-state index in [0.29, 0.717) is 0 Å². The van der Waals surface area contributed by atoms with Crippen molar-refractivity contribution in [2.45, 2.75) is 64.8 Å². The van der Waals surface area contributed by atoms with Crippen molar-refractivity contribution in [1.82, 2.24) is 5.32 Å². The molecule has 1 saturated carbocycles. The van der Waals surface area contributed by atoms with Crippen molar-refractivity contribution in [2.75, 3.05) is 6.54 Å². The van der Waals surface area contributed by atoms with Gasteiger partial charge in [0.2, 0.25) is 0 Å². The van der Waals surface area contributed by atoms with E-state index in [1.54, 1.807) is 0 Å². The predicted molar refractivity (Wildman–Crippen MR) is 66.7 cm³/mol. The van der Waals surface area contributed by atoms with Crippen LogP contribution in [0.4, 0.5) is 0 Å². The van der Waals surface area contributed by atoms with Crippen molar-refractivity contribution in [3.05, 3.63) is 0 Å². The Morgan fingerprint density at radius 3 is 2.80 bits per heavy atom. The molecule has 1 fully saturated rings. The third-order valence-electron chi connectivity index (χ3n) is 3.38. The van der Waals surface area contributed by atoms with Gasteiger partial charge in [0.1, 0.15) is 0 Å². The average molecular weight is 207 g/mol. The van der Waals surface area contributed by atoms with Crippen molar-refractivity contribution in [3.63, 3.8) is 0 Å². The van der Waals surface area contributed by atoms with Crippen molar-refractivity contribution in [3.8, 4) is 11.8 Å². The topological polar surface area (TPSA) is 12.0 Å². The predicted octanol–water partition coefficient (Wildman–Crippen LogP) is 3.35. The average Bonchev–Trinajstić information content (AvgIpc) is 2.45. The number of nitrogens with one attached hydrogen (secondary N) is 1. The molecule has 1 heteroatoms. The molecule has 86 valence electrons. The molecule has 1 nitrogen and oxygen atoms in total. The SMILES string of the molecule is CC#CCCC1CCCCC(NCC)C1. The zero-order valence-electron chi connectivity index (χ0n) is 10.3. The van der Waals surface area contributed by atoms with Crippen LogP contribution in [0.1, 0.15) is 58.8 Å². The Kier molecular flexibility index (Phi) is 6.52. The molecule has 0 heterocycles. The summed E-state index contributed by atoms with van der Waals surface area (Å²) >= 11 is 0. The molecule has 0 spiro atoms. The second kappa shape index (κ2) is 7.77. The molecule has 2 unspecified atom stereocenters. The Balaban J connectivity index is 2.30. The third kappa shape index (κ3) is 5.23. The highest BCUT2D eigenvalue weighted by Crippen LogP contribution is 2.26. The Morgan fingerprint density at radius 2 is 2.07 bits per heavy atom. The summed E-state index contributed by atoms with van der Waals surface area (Å²) in [5, 5.41) is 3.61. The summed E-state index contributed by atoms with van der Waals surface area (Å²) in [7, 11) is 0. The fourth-order valence-corrected chi connectivity index (χ4v) is 2.60. The molecule has 0 aromatic heterocycles. The molecule has 1 rings (SSSR count). The highest BCUT2D eigenvalue weighted by Gasteiger charge is 2.18. The normalized spacial score (nSPS) is 26.5. The van der Waals surface area contributed by atoms with E-state index in [2.05, 4.69) is 24.1 Å². The van der Waals surface area contributed by atoms with Crippen LogP contribution in [0.3, 0.4) is 0 Å². The van der Waals surface area contributed by atoms with Crippen LogP contribution in [0.2, 0.25) is 0 Å². The van der Waals surface area contributed by atoms with Crippen LogP contribution < -0.4 is 5.32 Å². The molecule has 0 aromatic rings. The van der Waals surface area contributed by atoms with E-state index in [1.165, 1.54) is 38.5 Å². The summed E-state index contributed by atoms with van der Waals surface area (Å²) in [4.78, 5) is 0. The molecule has 0 aromatic carbocycles. The van der Waals surface area contributed by atoms with Crippen LogP contribution >= 0.6 is 0 Å². The lowest BCUT2D eigenvalue weighted by Crippen LogP contribution is -2.29. The maximum atomic E-state index is 3.61. The van der Waals surface area contributed by atoms with Gasteiger partial charge in [0.25, 0.3) is 0 Å². The monoisotopic (exact) mass is 207 g/mol. The summed E-state index contributed by atoms with van der Waals surface area (Å²) in [5.41, 5.74) is 0. The van der Waals surface area contributed by atoms with Crippen molar-refractivity contribution in [1.29, 1.82) is 0 Å². The fraction of sp³-hybridized carbons (Fsp3) is 0.857. The van der Waals surface area contributed by atoms with Crippen LogP contribution in [0.25, 0.3) is 0 Å². The first kappa shape index (κ1) is 12.6. The molecule has 0 bridgehead atoms. The molecule has 0 radical (unpaired) electrons. The second-order valence-corrected chi connectivity index (χ2v) is 4.61. The highest BCUT2D eigenvalue weighted by molar-refractivity contribution is 4.95. The minimum absolute atomic E-state index is 0.775. The minimum Gasteiger partial charge on any atom is -0.314 e. The Bertz CT molecular complexity index is 211. The van der Waals surface area contributed by atoms with Crippen LogP contribution in [0, 0.1) is 17.8 Å². The third-order valence-corrected chi connectivity index (χ3v) is 3.38. The molecular formula is C14H25N. The number of hydrogen-bond donors (Lipinski definition) is 1. The van der Waals surface area contributed by atoms with E-state index in [4.69, 9.17) is 0 Å². The number of rotatable bonds is 4. The van der Waals surface area contributed by atoms with Gasteiger partial charge in [-0.1, -0.05) is 26.2 Å². The lowest BCUT2D eigenvalue weighted by atomic mass is 9.93. The maximum absolute atomic E-state index is 3.61. The van der Waals surface area contributed by atoms with E-state index < -0.39 is 0 Å². The zero-order chi connectivity index (χ0) is 10.9. The Labute approximate surface area is 95.0 Å². The van der Waals surface area contributed by atoms with Gasteiger partial charge >= 0.3 is 0 Å². The van der Waals surface area contributed by atoms with Crippen LogP contribution in [-0.2, 0) is 0 Å². The first-order chi connectivity index (χ1) is 7.36. The Morgan fingerprint density at radius 1 is 1.27 bits per heavy atom. The van der Waals surface area contributed by atoms with E-state index in [0.717, 1.165) is 24.9 Å². The van der Waals surface area contributed by atoms with E-state index in [-0.39, 0.29) is 0 Å². The Hall–Kier alpha value is -0.480. The van der Waals surface area contributed by atoms with Gasteiger partial charge < -0.3 is 5.32 Å². The van der Waals surface area contributed by atoms with Gasteiger partial charge in [-0.3, -0.25) is 0 Å². The number of hydrogen-bond acceptors (Lipinski definition) is 1. The van der Waals surface area contributed by atoms with E-state index >= 15 is 0 Å². The van der Waals surface area contributed by atoms with Crippen LogP contribution in [0.15, 0.2) is 0 Å². The first-order valence-electron chi connectivity index (χ1n) is 6.49. The van der Waals surface area contributed by atoms with Gasteiger partial charge in [-0.25, -0.2) is 0 Å². The van der Waals surface area contributed by atoms with Crippen LogP contribution in [-0.4, -0.2) is 12.6 Å². The molecule has 1 N–H and O–H groups in total. The lowest BCUT2D eigenvalue weighted by molar-refractivity contribution is 0.375. The van der Waals surface area contributed by atoms with Gasteiger partial charge in [0.05, 0.1) is 0 Å². The largest absolute Gasteiger partial charge is 0.314 e. The first-order valence-corrected chi connectivity index (χ1v) is 6.49. The smallest absolute Gasteiger partial charge is 0.00912 e. The molecular weight excluding hydrogens is 182 g/mol. The van der Waals surface area contributed by atoms with E-state index in [9.17, 15) is 0 Å². The van der Waals surface area contributed by atoms with Crippen LogP contribution in [0.5, 0.6) is 0 Å². The van der Waals surface area contributed by atoms with E-state index in [1.807, 2.05) is 6.92 Å². The zero-order valence-corrected chi connectivity index (χ0v) is 10.3. The van der Waals surface area contributed by atoms with Gasteiger partial charge in [-0.05, 0) is 38.6 Å². The molecule has 0 aliphatic heterocycles. The lowest BCUT2D eigenvalue weighted by Gasteiger charge is -2.19. The molecule has 15 heavy (non-hydrogen) atoms. The second-order valence-electron chi connectivity index (χ2n) is 4.61. The maximum Gasteiger partial charge on any atom is 0.00912 e. The van der Waals surface area contributed by atoms with Gasteiger partial charge in [-0.2, -0.15) is 0 Å². The molecule has 0 amide bonds. The van der Waals surface area contributed by atoms with Crippen molar-refractivity contribution in [2.24, 2.45) is 5.92 Å². The minimum atomic E-state index is 0.775. The summed E-state index contributed by atoms with van der Waals surface area (Å²) < 4.78 is 0. The molecule has 1 aliphatic rings. The van der Waals surface area contributed by atoms with Crippen molar-refractivity contribution >= 4 is 0 Å². The van der Waals surface area contributed by atoms with Crippen molar-refractivity contribution < 1.29 is 0 Å². The summed E-state index contributed by atoms with van der Waals surface area (Å²) in [6.45, 7) is 5.27. The standard InChI is InChI=1S/C14H25N/c1-3-5-6-9-13-10-7-8-11-14(12-13)15-4-2/h13-15H,4,6-12H2,1-2H3. The van der Waals surface area contributed by atoms with Gasteiger partial charge in [0, 0.05) is 12.5 Å². The van der Waals surface area contributed by atoms with Gasteiger partial charge in [0.15, 0.2) is 0 Å². The summed E-state index contributed by atoms with van der Waals surface area (Å²) in [5.74, 6) is 7.10. The molecule has 0 saturated heterocycles. The summed E-state index contributed by atoms with van der Waals surface area (Å²) in [6.07, 6.45) is 9.42. The summed E-state index contributed by atoms with van der Waals surface area (Å²) in [6, 6.07) is 0.775.